The van der Waals surface area contributed by atoms with Crippen molar-refractivity contribution in [2.75, 3.05) is 19.6 Å². The summed E-state index contributed by atoms with van der Waals surface area (Å²) >= 11 is 6.04. The molecule has 3 aliphatic rings. The van der Waals surface area contributed by atoms with Gasteiger partial charge in [0, 0.05) is 40.2 Å². The van der Waals surface area contributed by atoms with Gasteiger partial charge >= 0.3 is 0 Å². The first-order chi connectivity index (χ1) is 12.1. The number of thiazole rings is 1. The molecule has 5 rings (SSSR count). The summed E-state index contributed by atoms with van der Waals surface area (Å²) in [5, 5.41) is 14.2. The summed E-state index contributed by atoms with van der Waals surface area (Å²) in [7, 11) is 0. The molecular weight excluding hydrogens is 352 g/mol. The fraction of sp³-hybridized carbons (Fsp3) is 0.389. The molecule has 2 N–H and O–H groups in total. The van der Waals surface area contributed by atoms with Crippen molar-refractivity contribution < 1.29 is 4.79 Å². The van der Waals surface area contributed by atoms with E-state index in [0.29, 0.717) is 16.4 Å². The van der Waals surface area contributed by atoms with E-state index >= 15 is 0 Å². The number of carbonyl (C=O) groups excluding carboxylic acids is 1. The van der Waals surface area contributed by atoms with Crippen LogP contribution in [0.15, 0.2) is 34.7 Å². The molecule has 1 amide bonds. The number of nitrogens with one attached hydrogen (secondary N) is 2. The summed E-state index contributed by atoms with van der Waals surface area (Å²) in [5.74, 6) is 0.237. The van der Waals surface area contributed by atoms with E-state index in [4.69, 9.17) is 5.41 Å². The average molecular weight is 373 g/mol. The zero-order valence-corrected chi connectivity index (χ0v) is 15.4. The minimum absolute atomic E-state index is 0.0212. The molecule has 1 atom stereocenters. The summed E-state index contributed by atoms with van der Waals surface area (Å²) < 4.78 is 0. The molecule has 0 radical (unpaired) electrons. The van der Waals surface area contributed by atoms with Crippen molar-refractivity contribution in [1.29, 1.82) is 5.41 Å². The maximum absolute atomic E-state index is 12.6. The number of rotatable bonds is 4. The lowest BCUT2D eigenvalue weighted by Crippen LogP contribution is -2.58. The smallest absolute Gasteiger partial charge is 0.270 e. The van der Waals surface area contributed by atoms with Gasteiger partial charge in [-0.05, 0) is 37.9 Å². The van der Waals surface area contributed by atoms with Gasteiger partial charge in [-0.25, -0.2) is 4.98 Å². The Morgan fingerprint density at radius 1 is 1.36 bits per heavy atom. The first-order valence-electron chi connectivity index (χ1n) is 8.47. The number of carbonyl (C=O) groups is 1. The van der Waals surface area contributed by atoms with Gasteiger partial charge in [0.05, 0.1) is 0 Å². The summed E-state index contributed by atoms with van der Waals surface area (Å²) in [4.78, 5) is 19.9. The van der Waals surface area contributed by atoms with Crippen LogP contribution in [0.5, 0.6) is 0 Å². The molecule has 0 saturated carbocycles. The molecule has 0 aliphatic carbocycles. The van der Waals surface area contributed by atoms with E-state index in [-0.39, 0.29) is 17.7 Å². The highest BCUT2D eigenvalue weighted by Crippen LogP contribution is 2.28. The number of benzene rings is 1. The first kappa shape index (κ1) is 16.8. The molecule has 1 aromatic heterocycles. The van der Waals surface area contributed by atoms with Crippen LogP contribution in [0.2, 0.25) is 0 Å². The quantitative estimate of drug-likeness (QED) is 0.571. The van der Waals surface area contributed by atoms with Crippen LogP contribution in [0.1, 0.15) is 18.4 Å². The number of hydrogen-bond donors (Lipinski definition) is 3. The Hall–Kier alpha value is -1.70. The molecule has 0 spiro atoms. The third-order valence-electron chi connectivity index (χ3n) is 5.15. The van der Waals surface area contributed by atoms with Crippen LogP contribution in [0.3, 0.4) is 0 Å². The Labute approximate surface area is 156 Å². The second-order valence-electron chi connectivity index (χ2n) is 6.66. The molecular formula is C18H20N4OS2. The summed E-state index contributed by atoms with van der Waals surface area (Å²) in [6.45, 7) is 3.17. The molecule has 5 nitrogen and oxygen atoms in total. The molecule has 2 bridgehead atoms. The predicted molar refractivity (Wildman–Crippen MR) is 103 cm³/mol. The molecule has 3 fully saturated rings. The van der Waals surface area contributed by atoms with Gasteiger partial charge in [-0.15, -0.1) is 24.0 Å². The van der Waals surface area contributed by atoms with E-state index in [1.165, 1.54) is 0 Å². The minimum Gasteiger partial charge on any atom is -0.346 e. The first-order valence-corrected chi connectivity index (χ1v) is 9.79. The van der Waals surface area contributed by atoms with Crippen molar-refractivity contribution in [1.82, 2.24) is 15.2 Å². The van der Waals surface area contributed by atoms with Crippen molar-refractivity contribution in [2.45, 2.75) is 23.8 Å². The molecule has 25 heavy (non-hydrogen) atoms. The Bertz CT molecular complexity index is 797. The zero-order chi connectivity index (χ0) is 17.4. The Morgan fingerprint density at radius 3 is 2.76 bits per heavy atom. The summed E-state index contributed by atoms with van der Waals surface area (Å²) in [5.41, 5.74) is 1.49. The van der Waals surface area contributed by atoms with Crippen LogP contribution in [-0.2, 0) is 4.79 Å². The number of amides is 1. The molecule has 130 valence electrons. The number of piperidine rings is 3. The van der Waals surface area contributed by atoms with Gasteiger partial charge in [0.25, 0.3) is 5.91 Å². The molecule has 2 aromatic rings. The van der Waals surface area contributed by atoms with E-state index in [1.54, 1.807) is 23.6 Å². The third kappa shape index (κ3) is 3.36. The van der Waals surface area contributed by atoms with Gasteiger partial charge in [0.1, 0.15) is 10.7 Å². The van der Waals surface area contributed by atoms with Crippen molar-refractivity contribution >= 4 is 35.6 Å². The van der Waals surface area contributed by atoms with Crippen LogP contribution in [0.4, 0.5) is 0 Å². The number of aromatic nitrogens is 1. The number of hydrogen-bond acceptors (Lipinski definition) is 6. The lowest BCUT2D eigenvalue weighted by atomic mass is 9.84. The van der Waals surface area contributed by atoms with Crippen LogP contribution in [-0.4, -0.2) is 47.2 Å². The summed E-state index contributed by atoms with van der Waals surface area (Å²) in [6.07, 6.45) is 4.03. The highest BCUT2D eigenvalue weighted by molar-refractivity contribution is 7.80. The van der Waals surface area contributed by atoms with Crippen molar-refractivity contribution in [3.8, 4) is 10.6 Å². The van der Waals surface area contributed by atoms with Gasteiger partial charge in [-0.2, -0.15) is 0 Å². The lowest BCUT2D eigenvalue weighted by molar-refractivity contribution is -0.116. The van der Waals surface area contributed by atoms with E-state index in [1.807, 2.05) is 17.5 Å². The van der Waals surface area contributed by atoms with Gasteiger partial charge in [-0.3, -0.25) is 10.2 Å². The standard InChI is InChI=1S/C18H20N4OS2/c19-16(17(23)21-14-10-22-6-3-11(14)4-7-22)13-2-1-12(9-15(13)24)18-20-5-8-25-18/h1-2,5,8-9,11,14,19,24H,3-4,6-7,10H2,(H,21,23)/t14-/m1/s1. The molecule has 4 heterocycles. The van der Waals surface area contributed by atoms with Crippen LogP contribution in [0, 0.1) is 11.3 Å². The zero-order valence-electron chi connectivity index (χ0n) is 13.7. The van der Waals surface area contributed by atoms with Crippen LogP contribution < -0.4 is 5.32 Å². The molecule has 3 saturated heterocycles. The highest BCUT2D eigenvalue weighted by atomic mass is 32.1. The SMILES string of the molecule is N=C(C(=O)N[C@@H]1CN2CCC1CC2)c1ccc(-c2nccs2)cc1S. The fourth-order valence-electron chi connectivity index (χ4n) is 3.73. The van der Waals surface area contributed by atoms with Gasteiger partial charge in [0.2, 0.25) is 0 Å². The highest BCUT2D eigenvalue weighted by Gasteiger charge is 2.35. The Kier molecular flexibility index (Phi) is 4.62. The Balaban J connectivity index is 1.47. The fourth-order valence-corrected chi connectivity index (χ4v) is 4.69. The molecule has 1 aromatic carbocycles. The molecule has 7 heteroatoms. The third-order valence-corrected chi connectivity index (χ3v) is 6.34. The number of thiol groups is 1. The normalized spacial score (nSPS) is 24.9. The number of fused-ring (bicyclic) bond motifs is 3. The van der Waals surface area contributed by atoms with Crippen molar-refractivity contribution in [3.63, 3.8) is 0 Å². The maximum atomic E-state index is 12.6. The van der Waals surface area contributed by atoms with Gasteiger partial charge in [-0.1, -0.05) is 12.1 Å². The van der Waals surface area contributed by atoms with Crippen molar-refractivity contribution in [2.24, 2.45) is 5.92 Å². The monoisotopic (exact) mass is 372 g/mol. The molecule has 3 aliphatic heterocycles. The topological polar surface area (TPSA) is 69.1 Å². The van der Waals surface area contributed by atoms with E-state index in [9.17, 15) is 4.79 Å². The van der Waals surface area contributed by atoms with Gasteiger partial charge in [0.15, 0.2) is 0 Å². The predicted octanol–water partition coefficient (Wildman–Crippen LogP) is 2.68. The van der Waals surface area contributed by atoms with Crippen molar-refractivity contribution in [3.05, 3.63) is 35.3 Å². The summed E-state index contributed by atoms with van der Waals surface area (Å²) in [6, 6.07) is 5.71. The van der Waals surface area contributed by atoms with E-state index in [0.717, 1.165) is 43.0 Å². The second kappa shape index (κ2) is 6.90. The number of nitrogens with zero attached hydrogens (tertiary/aromatic N) is 2. The largest absolute Gasteiger partial charge is 0.346 e. The lowest BCUT2D eigenvalue weighted by Gasteiger charge is -2.44. The maximum Gasteiger partial charge on any atom is 0.270 e. The Morgan fingerprint density at radius 2 is 2.16 bits per heavy atom. The average Bonchev–Trinajstić information content (AvgIpc) is 3.17. The van der Waals surface area contributed by atoms with Gasteiger partial charge < -0.3 is 10.2 Å². The second-order valence-corrected chi connectivity index (χ2v) is 8.04. The van der Waals surface area contributed by atoms with Crippen LogP contribution in [0.25, 0.3) is 10.6 Å². The van der Waals surface area contributed by atoms with E-state index in [2.05, 4.69) is 27.8 Å². The minimum atomic E-state index is -0.309. The van der Waals surface area contributed by atoms with Crippen LogP contribution >= 0.6 is 24.0 Å². The van der Waals surface area contributed by atoms with E-state index < -0.39 is 0 Å². The molecule has 0 unspecified atom stereocenters.